The van der Waals surface area contributed by atoms with Crippen molar-refractivity contribution in [3.05, 3.63) is 58.8 Å². The maximum absolute atomic E-state index is 13.6. The molecule has 2 amide bonds. The molecule has 27 heavy (non-hydrogen) atoms. The summed E-state index contributed by atoms with van der Waals surface area (Å²) in [7, 11) is 3.02. The van der Waals surface area contributed by atoms with Crippen molar-refractivity contribution in [3.63, 3.8) is 0 Å². The summed E-state index contributed by atoms with van der Waals surface area (Å²) >= 11 is 1.28. The van der Waals surface area contributed by atoms with Crippen molar-refractivity contribution in [2.24, 2.45) is 0 Å². The van der Waals surface area contributed by atoms with Crippen LogP contribution in [0.1, 0.15) is 12.5 Å². The molecule has 1 heterocycles. The van der Waals surface area contributed by atoms with Gasteiger partial charge < -0.3 is 9.47 Å². The number of anilines is 1. The number of halogens is 1. The highest BCUT2D eigenvalue weighted by Gasteiger charge is 2.40. The van der Waals surface area contributed by atoms with E-state index in [0.717, 1.165) is 4.90 Å². The van der Waals surface area contributed by atoms with Crippen molar-refractivity contribution >= 4 is 34.8 Å². The average molecular weight is 387 g/mol. The van der Waals surface area contributed by atoms with Crippen LogP contribution in [0.5, 0.6) is 11.5 Å². The minimum atomic E-state index is -0.516. The van der Waals surface area contributed by atoms with E-state index in [-0.39, 0.29) is 11.3 Å². The van der Waals surface area contributed by atoms with E-state index in [9.17, 15) is 14.0 Å². The van der Waals surface area contributed by atoms with Gasteiger partial charge in [-0.1, -0.05) is 19.1 Å². The van der Waals surface area contributed by atoms with Gasteiger partial charge in [-0.15, -0.1) is 11.8 Å². The van der Waals surface area contributed by atoms with Crippen LogP contribution >= 0.6 is 11.8 Å². The molecular formula is C20H18FNO4S. The number of nitrogens with zero attached hydrogens (tertiary/aromatic N) is 1. The third kappa shape index (κ3) is 3.42. The number of thioether (sulfide) groups is 1. The van der Waals surface area contributed by atoms with Gasteiger partial charge in [-0.3, -0.25) is 9.59 Å². The van der Waals surface area contributed by atoms with Gasteiger partial charge in [0.15, 0.2) is 11.5 Å². The van der Waals surface area contributed by atoms with Gasteiger partial charge in [-0.2, -0.15) is 0 Å². The Hall–Kier alpha value is -2.80. The highest BCUT2D eigenvalue weighted by atomic mass is 32.2. The molecule has 1 aliphatic heterocycles. The molecule has 0 aromatic heterocycles. The Balaban J connectivity index is 2.11. The third-order valence-electron chi connectivity index (χ3n) is 4.07. The summed E-state index contributed by atoms with van der Waals surface area (Å²) in [6.45, 7) is 1.90. The second-order valence-electron chi connectivity index (χ2n) is 5.63. The molecule has 0 saturated heterocycles. The highest BCUT2D eigenvalue weighted by Crippen LogP contribution is 2.40. The largest absolute Gasteiger partial charge is 0.493 e. The number of amides is 2. The predicted molar refractivity (Wildman–Crippen MR) is 103 cm³/mol. The lowest BCUT2D eigenvalue weighted by atomic mass is 10.1. The molecule has 0 atom stereocenters. The Labute approximate surface area is 160 Å². The SMILES string of the molecule is CCSC1=C(c2ccc(OC)c(OC)c2)C(=O)N(c2cccc(F)c2)C1=O. The van der Waals surface area contributed by atoms with Gasteiger partial charge >= 0.3 is 0 Å². The molecule has 2 aromatic carbocycles. The summed E-state index contributed by atoms with van der Waals surface area (Å²) in [5.41, 5.74) is 1.02. The van der Waals surface area contributed by atoms with Crippen molar-refractivity contribution in [2.45, 2.75) is 6.92 Å². The summed E-state index contributed by atoms with van der Waals surface area (Å²) in [6, 6.07) is 10.5. The van der Waals surface area contributed by atoms with Crippen molar-refractivity contribution in [2.75, 3.05) is 24.9 Å². The van der Waals surface area contributed by atoms with E-state index < -0.39 is 17.6 Å². The summed E-state index contributed by atoms with van der Waals surface area (Å²) in [5.74, 6) is 0.119. The topological polar surface area (TPSA) is 55.8 Å². The van der Waals surface area contributed by atoms with Crippen LogP contribution in [-0.2, 0) is 9.59 Å². The van der Waals surface area contributed by atoms with Crippen LogP contribution in [0.3, 0.4) is 0 Å². The van der Waals surface area contributed by atoms with Gasteiger partial charge in [0.2, 0.25) is 0 Å². The Bertz CT molecular complexity index is 941. The smallest absolute Gasteiger partial charge is 0.272 e. The minimum absolute atomic E-state index is 0.203. The molecule has 0 N–H and O–H groups in total. The Morgan fingerprint density at radius 2 is 1.74 bits per heavy atom. The van der Waals surface area contributed by atoms with Crippen LogP contribution in [0.25, 0.3) is 5.57 Å². The van der Waals surface area contributed by atoms with Crippen LogP contribution in [0, 0.1) is 5.82 Å². The van der Waals surface area contributed by atoms with Crippen LogP contribution in [-0.4, -0.2) is 31.8 Å². The van der Waals surface area contributed by atoms with Crippen molar-refractivity contribution in [1.29, 1.82) is 0 Å². The first-order chi connectivity index (χ1) is 13.0. The number of ether oxygens (including phenoxy) is 2. The fourth-order valence-corrected chi connectivity index (χ4v) is 3.74. The van der Waals surface area contributed by atoms with E-state index in [1.807, 2.05) is 6.92 Å². The molecule has 0 fully saturated rings. The van der Waals surface area contributed by atoms with Gasteiger partial charge in [0.05, 0.1) is 30.4 Å². The first kappa shape index (κ1) is 19.0. The molecule has 0 spiro atoms. The van der Waals surface area contributed by atoms with E-state index in [1.165, 1.54) is 50.2 Å². The fraction of sp³-hybridized carbons (Fsp3) is 0.200. The van der Waals surface area contributed by atoms with Crippen LogP contribution in [0.4, 0.5) is 10.1 Å². The van der Waals surface area contributed by atoms with Crippen LogP contribution < -0.4 is 14.4 Å². The molecule has 0 unspecified atom stereocenters. The number of imide groups is 1. The van der Waals surface area contributed by atoms with Crippen molar-refractivity contribution in [1.82, 2.24) is 0 Å². The Morgan fingerprint density at radius 1 is 1.00 bits per heavy atom. The molecule has 0 radical (unpaired) electrons. The van der Waals surface area contributed by atoms with Crippen LogP contribution in [0.2, 0.25) is 0 Å². The van der Waals surface area contributed by atoms with Gasteiger partial charge in [0.25, 0.3) is 11.8 Å². The predicted octanol–water partition coefficient (Wildman–Crippen LogP) is 3.88. The Kier molecular flexibility index (Phi) is 5.51. The summed E-state index contributed by atoms with van der Waals surface area (Å²) in [4.78, 5) is 27.4. The molecule has 2 aromatic rings. The van der Waals surface area contributed by atoms with Gasteiger partial charge in [0, 0.05) is 0 Å². The second-order valence-corrected chi connectivity index (χ2v) is 6.91. The quantitative estimate of drug-likeness (QED) is 0.704. The normalized spacial score (nSPS) is 14.1. The summed E-state index contributed by atoms with van der Waals surface area (Å²) in [5, 5.41) is 0. The zero-order chi connectivity index (χ0) is 19.6. The van der Waals surface area contributed by atoms with Crippen molar-refractivity contribution in [3.8, 4) is 11.5 Å². The lowest BCUT2D eigenvalue weighted by molar-refractivity contribution is -0.119. The first-order valence-corrected chi connectivity index (χ1v) is 9.24. The van der Waals surface area contributed by atoms with Crippen molar-refractivity contribution < 1.29 is 23.5 Å². The molecule has 0 bridgehead atoms. The number of rotatable bonds is 6. The number of carbonyl (C=O) groups is 2. The first-order valence-electron chi connectivity index (χ1n) is 8.25. The maximum Gasteiger partial charge on any atom is 0.272 e. The number of carbonyl (C=O) groups excluding carboxylic acids is 2. The highest BCUT2D eigenvalue weighted by molar-refractivity contribution is 8.04. The zero-order valence-corrected chi connectivity index (χ0v) is 15.9. The standard InChI is InChI=1S/C20H18FNO4S/c1-4-27-18-17(12-8-9-15(25-2)16(10-12)26-3)19(23)22(20(18)24)14-7-5-6-13(21)11-14/h5-11H,4H2,1-3H3. The average Bonchev–Trinajstić information content (AvgIpc) is 2.91. The van der Waals surface area contributed by atoms with Gasteiger partial charge in [-0.25, -0.2) is 9.29 Å². The zero-order valence-electron chi connectivity index (χ0n) is 15.1. The fourth-order valence-electron chi connectivity index (χ4n) is 2.88. The molecular weight excluding hydrogens is 369 g/mol. The molecule has 3 rings (SSSR count). The number of hydrogen-bond acceptors (Lipinski definition) is 5. The molecule has 0 aliphatic carbocycles. The summed E-state index contributed by atoms with van der Waals surface area (Å²) in [6.07, 6.45) is 0. The van der Waals surface area contributed by atoms with E-state index >= 15 is 0 Å². The molecule has 1 aliphatic rings. The van der Waals surface area contributed by atoms with Gasteiger partial charge in [0.1, 0.15) is 5.82 Å². The number of hydrogen-bond donors (Lipinski definition) is 0. The molecule has 0 saturated carbocycles. The van der Waals surface area contributed by atoms with Gasteiger partial charge in [-0.05, 0) is 41.6 Å². The molecule has 5 nitrogen and oxygen atoms in total. The Morgan fingerprint density at radius 3 is 2.37 bits per heavy atom. The van der Waals surface area contributed by atoms with E-state index in [0.29, 0.717) is 27.7 Å². The number of methoxy groups -OCH3 is 2. The second kappa shape index (κ2) is 7.84. The lowest BCUT2D eigenvalue weighted by Crippen LogP contribution is -2.31. The van der Waals surface area contributed by atoms with Crippen LogP contribution in [0.15, 0.2) is 47.4 Å². The molecule has 7 heteroatoms. The number of benzene rings is 2. The summed E-state index contributed by atoms with van der Waals surface area (Å²) < 4.78 is 24.2. The maximum atomic E-state index is 13.6. The minimum Gasteiger partial charge on any atom is -0.493 e. The molecule has 140 valence electrons. The lowest BCUT2D eigenvalue weighted by Gasteiger charge is -2.15. The van der Waals surface area contributed by atoms with E-state index in [1.54, 1.807) is 18.2 Å². The third-order valence-corrected chi connectivity index (χ3v) is 5.02. The van der Waals surface area contributed by atoms with E-state index in [2.05, 4.69) is 0 Å². The monoisotopic (exact) mass is 387 g/mol. The van der Waals surface area contributed by atoms with E-state index in [4.69, 9.17) is 9.47 Å².